The molecule has 0 aliphatic carbocycles. The Kier molecular flexibility index (Phi) is 5.07. The molecule has 1 aromatic carbocycles. The van der Waals surface area contributed by atoms with Gasteiger partial charge >= 0.3 is 0 Å². The highest BCUT2D eigenvalue weighted by Gasteiger charge is 2.17. The standard InChI is InChI=1S/C14H14BrClN2OS/c1-2-18(8-10-4-6-13(16)20-10)14(19)11-5-3-9(15)7-12(11)17/h3-7H,2,8,17H2,1H3. The lowest BCUT2D eigenvalue weighted by molar-refractivity contribution is 0.0755. The minimum Gasteiger partial charge on any atom is -0.398 e. The molecule has 0 fully saturated rings. The maximum atomic E-state index is 12.5. The van der Waals surface area contributed by atoms with Crippen LogP contribution in [0.3, 0.4) is 0 Å². The second-order valence-corrected chi connectivity index (χ2v) is 6.97. The summed E-state index contributed by atoms with van der Waals surface area (Å²) < 4.78 is 1.59. The van der Waals surface area contributed by atoms with Crippen molar-refractivity contribution in [2.75, 3.05) is 12.3 Å². The Labute approximate surface area is 135 Å². The SMILES string of the molecule is CCN(Cc1ccc(Cl)s1)C(=O)c1ccc(Br)cc1N. The molecule has 1 heterocycles. The number of thiophene rings is 1. The van der Waals surface area contributed by atoms with Crippen molar-refractivity contribution < 1.29 is 4.79 Å². The van der Waals surface area contributed by atoms with Crippen LogP contribution in [0.2, 0.25) is 4.34 Å². The zero-order valence-electron chi connectivity index (χ0n) is 10.9. The van der Waals surface area contributed by atoms with E-state index in [0.717, 1.165) is 13.7 Å². The second-order valence-electron chi connectivity index (χ2n) is 4.26. The summed E-state index contributed by atoms with van der Waals surface area (Å²) in [6.07, 6.45) is 0. The van der Waals surface area contributed by atoms with Crippen LogP contribution in [0, 0.1) is 0 Å². The number of carbonyl (C=O) groups excluding carboxylic acids is 1. The van der Waals surface area contributed by atoms with Crippen LogP contribution < -0.4 is 5.73 Å². The molecule has 0 aliphatic heterocycles. The number of hydrogen-bond donors (Lipinski definition) is 1. The maximum absolute atomic E-state index is 12.5. The van der Waals surface area contributed by atoms with Crippen LogP contribution in [-0.4, -0.2) is 17.4 Å². The number of benzene rings is 1. The van der Waals surface area contributed by atoms with E-state index >= 15 is 0 Å². The highest BCUT2D eigenvalue weighted by Crippen LogP contribution is 2.25. The number of hydrogen-bond acceptors (Lipinski definition) is 3. The van der Waals surface area contributed by atoms with Crippen LogP contribution in [0.5, 0.6) is 0 Å². The average Bonchev–Trinajstić information content (AvgIpc) is 2.81. The Morgan fingerprint density at radius 2 is 2.15 bits per heavy atom. The van der Waals surface area contributed by atoms with E-state index in [4.69, 9.17) is 17.3 Å². The van der Waals surface area contributed by atoms with Crippen LogP contribution in [0.25, 0.3) is 0 Å². The van der Waals surface area contributed by atoms with E-state index in [9.17, 15) is 4.79 Å². The van der Waals surface area contributed by atoms with E-state index in [-0.39, 0.29) is 5.91 Å². The molecular formula is C14H14BrClN2OS. The molecule has 2 rings (SSSR count). The van der Waals surface area contributed by atoms with Gasteiger partial charge in [0, 0.05) is 21.6 Å². The predicted molar refractivity (Wildman–Crippen MR) is 88.3 cm³/mol. The molecule has 0 unspecified atom stereocenters. The minimum atomic E-state index is -0.0676. The van der Waals surface area contributed by atoms with Gasteiger partial charge < -0.3 is 10.6 Å². The molecule has 0 atom stereocenters. The van der Waals surface area contributed by atoms with Crippen molar-refractivity contribution in [2.24, 2.45) is 0 Å². The Balaban J connectivity index is 2.20. The molecule has 0 saturated carbocycles. The Hall–Kier alpha value is -1.04. The van der Waals surface area contributed by atoms with E-state index < -0.39 is 0 Å². The smallest absolute Gasteiger partial charge is 0.256 e. The van der Waals surface area contributed by atoms with E-state index in [0.29, 0.717) is 24.3 Å². The molecule has 0 aliphatic rings. The molecule has 6 heteroatoms. The maximum Gasteiger partial charge on any atom is 0.256 e. The summed E-state index contributed by atoms with van der Waals surface area (Å²) >= 11 is 10.7. The fraction of sp³-hybridized carbons (Fsp3) is 0.214. The van der Waals surface area contributed by atoms with Gasteiger partial charge in [0.05, 0.1) is 16.4 Å². The average molecular weight is 374 g/mol. The van der Waals surface area contributed by atoms with Crippen molar-refractivity contribution in [2.45, 2.75) is 13.5 Å². The van der Waals surface area contributed by atoms with Crippen LogP contribution >= 0.6 is 38.9 Å². The van der Waals surface area contributed by atoms with Gasteiger partial charge in [-0.1, -0.05) is 27.5 Å². The minimum absolute atomic E-state index is 0.0676. The normalized spacial score (nSPS) is 10.6. The molecule has 106 valence electrons. The van der Waals surface area contributed by atoms with Crippen LogP contribution in [0.1, 0.15) is 22.2 Å². The molecule has 20 heavy (non-hydrogen) atoms. The first-order valence-corrected chi connectivity index (χ1v) is 8.08. The van der Waals surface area contributed by atoms with Crippen molar-refractivity contribution in [3.05, 3.63) is 49.6 Å². The molecule has 2 N–H and O–H groups in total. The number of halogens is 2. The van der Waals surface area contributed by atoms with Crippen LogP contribution in [-0.2, 0) is 6.54 Å². The lowest BCUT2D eigenvalue weighted by Crippen LogP contribution is -2.30. The number of amides is 1. The van der Waals surface area contributed by atoms with Gasteiger partial charge in [0.1, 0.15) is 0 Å². The van der Waals surface area contributed by atoms with E-state index in [1.54, 1.807) is 17.0 Å². The topological polar surface area (TPSA) is 46.3 Å². The third kappa shape index (κ3) is 3.53. The van der Waals surface area contributed by atoms with Crippen LogP contribution in [0.15, 0.2) is 34.8 Å². The molecule has 2 aromatic rings. The van der Waals surface area contributed by atoms with Gasteiger partial charge in [0.2, 0.25) is 0 Å². The summed E-state index contributed by atoms with van der Waals surface area (Å²) in [6.45, 7) is 3.11. The molecule has 3 nitrogen and oxygen atoms in total. The van der Waals surface area contributed by atoms with Gasteiger partial charge in [-0.3, -0.25) is 4.79 Å². The molecule has 0 radical (unpaired) electrons. The van der Waals surface area contributed by atoms with Gasteiger partial charge in [0.15, 0.2) is 0 Å². The fourth-order valence-electron chi connectivity index (χ4n) is 1.85. The fourth-order valence-corrected chi connectivity index (χ4v) is 3.33. The van der Waals surface area contributed by atoms with Crippen molar-refractivity contribution >= 4 is 50.5 Å². The Bertz CT molecular complexity index is 629. The number of rotatable bonds is 4. The largest absolute Gasteiger partial charge is 0.398 e. The highest BCUT2D eigenvalue weighted by atomic mass is 79.9. The number of anilines is 1. The molecule has 1 amide bonds. The zero-order valence-corrected chi connectivity index (χ0v) is 14.1. The molecule has 0 bridgehead atoms. The van der Waals surface area contributed by atoms with Gasteiger partial charge in [-0.25, -0.2) is 0 Å². The van der Waals surface area contributed by atoms with Crippen LogP contribution in [0.4, 0.5) is 5.69 Å². The van der Waals surface area contributed by atoms with Crippen molar-refractivity contribution in [1.82, 2.24) is 4.90 Å². The van der Waals surface area contributed by atoms with E-state index in [1.165, 1.54) is 11.3 Å². The van der Waals surface area contributed by atoms with Gasteiger partial charge in [-0.05, 0) is 37.3 Å². The highest BCUT2D eigenvalue weighted by molar-refractivity contribution is 9.10. The van der Waals surface area contributed by atoms with E-state index in [1.807, 2.05) is 25.1 Å². The monoisotopic (exact) mass is 372 g/mol. The second kappa shape index (κ2) is 6.61. The third-order valence-electron chi connectivity index (χ3n) is 2.89. The van der Waals surface area contributed by atoms with Gasteiger partial charge in [-0.15, -0.1) is 11.3 Å². The third-order valence-corrected chi connectivity index (χ3v) is 4.60. The van der Waals surface area contributed by atoms with Gasteiger partial charge in [-0.2, -0.15) is 0 Å². The summed E-state index contributed by atoms with van der Waals surface area (Å²) in [6, 6.07) is 9.08. The summed E-state index contributed by atoms with van der Waals surface area (Å²) in [5.74, 6) is -0.0676. The van der Waals surface area contributed by atoms with Crippen molar-refractivity contribution in [1.29, 1.82) is 0 Å². The summed E-state index contributed by atoms with van der Waals surface area (Å²) in [5.41, 5.74) is 6.92. The lowest BCUT2D eigenvalue weighted by Gasteiger charge is -2.21. The number of carbonyl (C=O) groups is 1. The van der Waals surface area contributed by atoms with Crippen molar-refractivity contribution in [3.63, 3.8) is 0 Å². The lowest BCUT2D eigenvalue weighted by atomic mass is 10.1. The summed E-state index contributed by atoms with van der Waals surface area (Å²) in [5, 5.41) is 0. The molecule has 0 saturated heterocycles. The quantitative estimate of drug-likeness (QED) is 0.807. The Morgan fingerprint density at radius 3 is 2.70 bits per heavy atom. The molecule has 0 spiro atoms. The zero-order chi connectivity index (χ0) is 14.7. The summed E-state index contributed by atoms with van der Waals surface area (Å²) in [4.78, 5) is 15.3. The number of nitrogen functional groups attached to an aromatic ring is 1. The number of nitrogens with zero attached hydrogens (tertiary/aromatic N) is 1. The predicted octanol–water partition coefficient (Wildman–Crippen LogP) is 4.41. The Morgan fingerprint density at radius 1 is 1.40 bits per heavy atom. The first-order chi connectivity index (χ1) is 9.51. The van der Waals surface area contributed by atoms with Gasteiger partial charge in [0.25, 0.3) is 5.91 Å². The van der Waals surface area contributed by atoms with Crippen molar-refractivity contribution in [3.8, 4) is 0 Å². The number of nitrogens with two attached hydrogens (primary N) is 1. The summed E-state index contributed by atoms with van der Waals surface area (Å²) in [7, 11) is 0. The molecular weight excluding hydrogens is 360 g/mol. The first-order valence-electron chi connectivity index (χ1n) is 6.09. The van der Waals surface area contributed by atoms with E-state index in [2.05, 4.69) is 15.9 Å². The molecule has 1 aromatic heterocycles. The first kappa shape index (κ1) is 15.4.